The number of halogens is 1. The summed E-state index contributed by atoms with van der Waals surface area (Å²) in [4.78, 5) is 13.1. The Labute approximate surface area is 151 Å². The molecule has 0 bridgehead atoms. The van der Waals surface area contributed by atoms with Gasteiger partial charge in [0.2, 0.25) is 0 Å². The van der Waals surface area contributed by atoms with Gasteiger partial charge >= 0.3 is 0 Å². The van der Waals surface area contributed by atoms with E-state index in [-0.39, 0.29) is 5.78 Å². The van der Waals surface area contributed by atoms with Crippen LogP contribution in [-0.2, 0) is 0 Å². The molecular formula is C20H20ClNOS. The molecule has 1 atom stereocenters. The lowest BCUT2D eigenvalue weighted by molar-refractivity contribution is 0.103. The summed E-state index contributed by atoms with van der Waals surface area (Å²) in [5, 5.41) is 1.88. The molecule has 0 aliphatic carbocycles. The topological polar surface area (TPSA) is 22.0 Å². The Balaban J connectivity index is 2.29. The van der Waals surface area contributed by atoms with Gasteiger partial charge in [0.25, 0.3) is 0 Å². The summed E-state index contributed by atoms with van der Waals surface area (Å²) in [6, 6.07) is 15.3. The van der Waals surface area contributed by atoms with Crippen LogP contribution in [0.25, 0.3) is 10.9 Å². The van der Waals surface area contributed by atoms with E-state index in [1.54, 1.807) is 11.8 Å². The molecule has 0 aliphatic rings. The third kappa shape index (κ3) is 2.87. The van der Waals surface area contributed by atoms with Gasteiger partial charge in [-0.05, 0) is 37.8 Å². The van der Waals surface area contributed by atoms with Crippen LogP contribution in [0.15, 0.2) is 48.5 Å². The van der Waals surface area contributed by atoms with Crippen molar-refractivity contribution < 1.29 is 4.79 Å². The molecule has 0 radical (unpaired) electrons. The summed E-state index contributed by atoms with van der Waals surface area (Å²) in [6.45, 7) is 4.20. The van der Waals surface area contributed by atoms with Gasteiger partial charge in [-0.3, -0.25) is 4.79 Å². The van der Waals surface area contributed by atoms with Crippen LogP contribution in [0.5, 0.6) is 0 Å². The quantitative estimate of drug-likeness (QED) is 0.514. The van der Waals surface area contributed by atoms with Crippen LogP contribution in [0.4, 0.5) is 0 Å². The third-order valence-electron chi connectivity index (χ3n) is 4.38. The number of thioether (sulfide) groups is 1. The molecule has 2 aromatic carbocycles. The Hall–Kier alpha value is -1.71. The van der Waals surface area contributed by atoms with Gasteiger partial charge < -0.3 is 4.57 Å². The summed E-state index contributed by atoms with van der Waals surface area (Å²) in [6.07, 6.45) is 3.10. The summed E-state index contributed by atoms with van der Waals surface area (Å²) < 4.78 is 2.27. The van der Waals surface area contributed by atoms with Crippen molar-refractivity contribution in [3.05, 3.63) is 70.4 Å². The summed E-state index contributed by atoms with van der Waals surface area (Å²) in [5.41, 5.74) is 3.53. The number of ketones is 1. The summed E-state index contributed by atoms with van der Waals surface area (Å²) >= 11 is 8.02. The van der Waals surface area contributed by atoms with Crippen LogP contribution in [0, 0.1) is 6.92 Å². The maximum Gasteiger partial charge on any atom is 0.195 e. The molecule has 0 amide bonds. The Bertz CT molecular complexity index is 882. The van der Waals surface area contributed by atoms with Crippen molar-refractivity contribution in [2.75, 3.05) is 6.26 Å². The first kappa shape index (κ1) is 17.1. The van der Waals surface area contributed by atoms with E-state index in [1.165, 1.54) is 0 Å². The molecule has 1 unspecified atom stereocenters. The summed E-state index contributed by atoms with van der Waals surface area (Å²) in [7, 11) is 0. The molecule has 4 heteroatoms. The predicted octanol–water partition coefficient (Wildman–Crippen LogP) is 6.11. The van der Waals surface area contributed by atoms with Crippen molar-refractivity contribution >= 4 is 40.0 Å². The molecule has 0 N–H and O–H groups in total. The van der Waals surface area contributed by atoms with Gasteiger partial charge in [0, 0.05) is 21.7 Å². The Morgan fingerprint density at radius 3 is 2.54 bits per heavy atom. The zero-order valence-electron chi connectivity index (χ0n) is 14.0. The molecule has 0 spiro atoms. The SMILES string of the molecule is CCC(SC)n1c(C)c(C(=O)c2ccccc2)c2cc(Cl)ccc21. The second-order valence-electron chi connectivity index (χ2n) is 5.79. The smallest absolute Gasteiger partial charge is 0.195 e. The van der Waals surface area contributed by atoms with Gasteiger partial charge in [0.05, 0.1) is 16.5 Å². The van der Waals surface area contributed by atoms with Crippen molar-refractivity contribution in [1.29, 1.82) is 0 Å². The first-order valence-electron chi connectivity index (χ1n) is 8.01. The van der Waals surface area contributed by atoms with Crippen molar-refractivity contribution in [2.45, 2.75) is 25.6 Å². The van der Waals surface area contributed by atoms with E-state index in [0.717, 1.165) is 28.6 Å². The highest BCUT2D eigenvalue weighted by Crippen LogP contribution is 2.36. The molecular weight excluding hydrogens is 338 g/mol. The maximum absolute atomic E-state index is 13.1. The van der Waals surface area contributed by atoms with Gasteiger partial charge in [-0.2, -0.15) is 0 Å². The normalized spacial score (nSPS) is 12.5. The van der Waals surface area contributed by atoms with Crippen molar-refractivity contribution in [2.24, 2.45) is 0 Å². The minimum Gasteiger partial charge on any atom is -0.332 e. The van der Waals surface area contributed by atoms with E-state index in [9.17, 15) is 4.79 Å². The lowest BCUT2D eigenvalue weighted by Crippen LogP contribution is -2.08. The molecule has 0 saturated heterocycles. The van der Waals surface area contributed by atoms with E-state index < -0.39 is 0 Å². The van der Waals surface area contributed by atoms with Crippen LogP contribution in [0.2, 0.25) is 5.02 Å². The first-order chi connectivity index (χ1) is 11.6. The van der Waals surface area contributed by atoms with E-state index in [4.69, 9.17) is 11.6 Å². The molecule has 3 aromatic rings. The second-order valence-corrected chi connectivity index (χ2v) is 7.24. The minimum atomic E-state index is 0.0510. The zero-order chi connectivity index (χ0) is 17.3. The van der Waals surface area contributed by atoms with Crippen LogP contribution in [0.3, 0.4) is 0 Å². The lowest BCUT2D eigenvalue weighted by atomic mass is 10.0. The standard InChI is InChI=1S/C20H20ClNOS/c1-4-18(24-3)22-13(2)19(16-12-15(21)10-11-17(16)22)20(23)14-8-6-5-7-9-14/h5-12,18H,4H2,1-3H3. The summed E-state index contributed by atoms with van der Waals surface area (Å²) in [5.74, 6) is 0.0510. The van der Waals surface area contributed by atoms with Crippen molar-refractivity contribution in [1.82, 2.24) is 4.57 Å². The number of rotatable bonds is 5. The van der Waals surface area contributed by atoms with Crippen LogP contribution >= 0.6 is 23.4 Å². The van der Waals surface area contributed by atoms with Crippen molar-refractivity contribution in [3.8, 4) is 0 Å². The Morgan fingerprint density at radius 2 is 1.92 bits per heavy atom. The van der Waals surface area contributed by atoms with E-state index in [2.05, 4.69) is 17.7 Å². The number of aromatic nitrogens is 1. The molecule has 0 aliphatic heterocycles. The predicted molar refractivity (Wildman–Crippen MR) is 104 cm³/mol. The Kier molecular flexibility index (Phi) is 5.02. The van der Waals surface area contributed by atoms with Gasteiger partial charge in [0.15, 0.2) is 5.78 Å². The molecule has 1 heterocycles. The number of hydrogen-bond acceptors (Lipinski definition) is 2. The average molecular weight is 358 g/mol. The van der Waals surface area contributed by atoms with Gasteiger partial charge in [-0.15, -0.1) is 11.8 Å². The lowest BCUT2D eigenvalue weighted by Gasteiger charge is -2.18. The van der Waals surface area contributed by atoms with Gasteiger partial charge in [-0.25, -0.2) is 0 Å². The van der Waals surface area contributed by atoms with E-state index >= 15 is 0 Å². The van der Waals surface area contributed by atoms with Gasteiger partial charge in [-0.1, -0.05) is 48.9 Å². The molecule has 24 heavy (non-hydrogen) atoms. The largest absolute Gasteiger partial charge is 0.332 e. The third-order valence-corrected chi connectivity index (χ3v) is 5.71. The number of nitrogens with zero attached hydrogens (tertiary/aromatic N) is 1. The molecule has 124 valence electrons. The molecule has 0 saturated carbocycles. The molecule has 2 nitrogen and oxygen atoms in total. The van der Waals surface area contributed by atoms with E-state index in [1.807, 2.05) is 55.5 Å². The monoisotopic (exact) mass is 357 g/mol. The fourth-order valence-electron chi connectivity index (χ4n) is 3.26. The van der Waals surface area contributed by atoms with Crippen LogP contribution in [0.1, 0.15) is 40.3 Å². The first-order valence-corrected chi connectivity index (χ1v) is 9.67. The fraction of sp³-hybridized carbons (Fsp3) is 0.250. The number of benzene rings is 2. The van der Waals surface area contributed by atoms with E-state index in [0.29, 0.717) is 16.0 Å². The number of hydrogen-bond donors (Lipinski definition) is 0. The average Bonchev–Trinajstić information content (AvgIpc) is 2.88. The van der Waals surface area contributed by atoms with Crippen LogP contribution in [-0.4, -0.2) is 16.6 Å². The van der Waals surface area contributed by atoms with Gasteiger partial charge in [0.1, 0.15) is 0 Å². The molecule has 0 fully saturated rings. The highest BCUT2D eigenvalue weighted by atomic mass is 35.5. The zero-order valence-corrected chi connectivity index (χ0v) is 15.6. The molecule has 3 rings (SSSR count). The van der Waals surface area contributed by atoms with Crippen LogP contribution < -0.4 is 0 Å². The maximum atomic E-state index is 13.1. The second kappa shape index (κ2) is 7.04. The Morgan fingerprint density at radius 1 is 1.21 bits per heavy atom. The number of carbonyl (C=O) groups excluding carboxylic acids is 1. The van der Waals surface area contributed by atoms with Crippen molar-refractivity contribution in [3.63, 3.8) is 0 Å². The number of fused-ring (bicyclic) bond motifs is 1. The molecule has 1 aromatic heterocycles. The fourth-order valence-corrected chi connectivity index (χ4v) is 4.25. The highest BCUT2D eigenvalue weighted by molar-refractivity contribution is 7.98. The minimum absolute atomic E-state index is 0.0510. The number of carbonyl (C=O) groups is 1. The highest BCUT2D eigenvalue weighted by Gasteiger charge is 2.24.